The van der Waals surface area contributed by atoms with Gasteiger partial charge in [0.1, 0.15) is 6.04 Å². The van der Waals surface area contributed by atoms with Crippen molar-refractivity contribution in [2.75, 3.05) is 6.54 Å². The lowest BCUT2D eigenvalue weighted by Crippen LogP contribution is -2.16. The average Bonchev–Trinajstić information content (AvgIpc) is 2.54. The molecule has 8 nitrogen and oxygen atoms in total. The molecule has 23 heavy (non-hydrogen) atoms. The lowest BCUT2D eigenvalue weighted by atomic mass is 10.0. The van der Waals surface area contributed by atoms with Gasteiger partial charge in [-0.1, -0.05) is 74.4 Å². The molecule has 130 valence electrons. The van der Waals surface area contributed by atoms with Crippen molar-refractivity contribution in [2.24, 2.45) is 10.2 Å². The SMILES string of the molecule is [N-]=[N+]=NCCCCCCCCCCCCCC(N=[N+]=[N-])C(=O)O. The third-order valence-corrected chi connectivity index (χ3v) is 3.78. The highest BCUT2D eigenvalue weighted by Gasteiger charge is 2.14. The van der Waals surface area contributed by atoms with Gasteiger partial charge in [0.2, 0.25) is 0 Å². The zero-order valence-corrected chi connectivity index (χ0v) is 13.8. The predicted molar refractivity (Wildman–Crippen MR) is 90.0 cm³/mol. The zero-order valence-electron chi connectivity index (χ0n) is 13.8. The summed E-state index contributed by atoms with van der Waals surface area (Å²) < 4.78 is 0. The van der Waals surface area contributed by atoms with E-state index in [1.807, 2.05) is 0 Å². The second kappa shape index (κ2) is 16.5. The maximum absolute atomic E-state index is 10.8. The van der Waals surface area contributed by atoms with Gasteiger partial charge in [0.25, 0.3) is 0 Å². The number of rotatable bonds is 16. The molecule has 0 bridgehead atoms. The summed E-state index contributed by atoms with van der Waals surface area (Å²) in [5.74, 6) is -1.04. The van der Waals surface area contributed by atoms with Crippen LogP contribution in [0.3, 0.4) is 0 Å². The van der Waals surface area contributed by atoms with E-state index in [-0.39, 0.29) is 0 Å². The molecule has 0 amide bonds. The molecule has 0 aromatic heterocycles. The van der Waals surface area contributed by atoms with Crippen molar-refractivity contribution in [3.05, 3.63) is 20.9 Å². The fraction of sp³-hybridized carbons (Fsp3) is 0.933. The molecule has 0 heterocycles. The van der Waals surface area contributed by atoms with Crippen LogP contribution < -0.4 is 0 Å². The minimum Gasteiger partial charge on any atom is -0.481 e. The van der Waals surface area contributed by atoms with Crippen LogP contribution in [-0.4, -0.2) is 23.7 Å². The van der Waals surface area contributed by atoms with Gasteiger partial charge >= 0.3 is 5.97 Å². The Morgan fingerprint density at radius 3 is 1.74 bits per heavy atom. The molecule has 1 atom stereocenters. The Morgan fingerprint density at radius 1 is 0.826 bits per heavy atom. The Morgan fingerprint density at radius 2 is 1.30 bits per heavy atom. The van der Waals surface area contributed by atoms with Crippen molar-refractivity contribution in [3.8, 4) is 0 Å². The first-order valence-electron chi connectivity index (χ1n) is 8.50. The number of carboxylic acid groups (broad SMARTS) is 1. The fourth-order valence-corrected chi connectivity index (χ4v) is 2.45. The molecule has 0 saturated carbocycles. The normalized spacial score (nSPS) is 11.3. The van der Waals surface area contributed by atoms with E-state index in [9.17, 15) is 4.79 Å². The van der Waals surface area contributed by atoms with Crippen LogP contribution >= 0.6 is 0 Å². The Kier molecular flexibility index (Phi) is 15.1. The van der Waals surface area contributed by atoms with Gasteiger partial charge in [0, 0.05) is 16.4 Å². The largest absolute Gasteiger partial charge is 0.481 e. The summed E-state index contributed by atoms with van der Waals surface area (Å²) in [6, 6.07) is -0.918. The lowest BCUT2D eigenvalue weighted by Gasteiger charge is -2.05. The highest BCUT2D eigenvalue weighted by atomic mass is 16.4. The van der Waals surface area contributed by atoms with Crippen molar-refractivity contribution in [3.63, 3.8) is 0 Å². The molecule has 0 aromatic rings. The number of carbonyl (C=O) groups is 1. The third-order valence-electron chi connectivity index (χ3n) is 3.78. The van der Waals surface area contributed by atoms with E-state index in [0.717, 1.165) is 32.1 Å². The van der Waals surface area contributed by atoms with Gasteiger partial charge in [-0.25, -0.2) is 0 Å². The Hall–Kier alpha value is -1.91. The van der Waals surface area contributed by atoms with Crippen LogP contribution in [0, 0.1) is 0 Å². The van der Waals surface area contributed by atoms with Crippen LogP contribution in [0.4, 0.5) is 0 Å². The molecule has 0 radical (unpaired) electrons. The summed E-state index contributed by atoms with van der Waals surface area (Å²) in [5, 5.41) is 15.6. The van der Waals surface area contributed by atoms with Crippen LogP contribution in [0.2, 0.25) is 0 Å². The maximum atomic E-state index is 10.8. The monoisotopic (exact) mass is 324 g/mol. The fourth-order valence-electron chi connectivity index (χ4n) is 2.45. The van der Waals surface area contributed by atoms with Gasteiger partial charge < -0.3 is 5.11 Å². The first kappa shape index (κ1) is 21.1. The molecule has 0 spiro atoms. The highest BCUT2D eigenvalue weighted by molar-refractivity contribution is 5.73. The molecule has 1 N–H and O–H groups in total. The van der Waals surface area contributed by atoms with Crippen molar-refractivity contribution in [1.82, 2.24) is 0 Å². The second-order valence-electron chi connectivity index (χ2n) is 5.69. The minimum absolute atomic E-state index is 0.426. The van der Waals surface area contributed by atoms with Crippen LogP contribution in [-0.2, 0) is 4.79 Å². The molecule has 0 aliphatic rings. The standard InChI is InChI=1S/C15H28N6O2/c16-20-18-13-11-9-7-5-3-1-2-4-6-8-10-12-14(15(22)23)19-21-17/h14H,1-13H2,(H,22,23). The summed E-state index contributed by atoms with van der Waals surface area (Å²) in [4.78, 5) is 16.1. The van der Waals surface area contributed by atoms with Gasteiger partial charge in [-0.2, -0.15) is 0 Å². The number of aliphatic carboxylic acids is 1. The van der Waals surface area contributed by atoms with E-state index < -0.39 is 12.0 Å². The second-order valence-corrected chi connectivity index (χ2v) is 5.69. The van der Waals surface area contributed by atoms with E-state index >= 15 is 0 Å². The summed E-state index contributed by atoms with van der Waals surface area (Å²) in [6.07, 6.45) is 12.8. The van der Waals surface area contributed by atoms with E-state index in [2.05, 4.69) is 20.1 Å². The van der Waals surface area contributed by atoms with Gasteiger partial charge in [0.05, 0.1) is 0 Å². The van der Waals surface area contributed by atoms with Gasteiger partial charge in [0.15, 0.2) is 0 Å². The molecule has 8 heteroatoms. The highest BCUT2D eigenvalue weighted by Crippen LogP contribution is 2.13. The Bertz CT molecular complexity index is 401. The smallest absolute Gasteiger partial charge is 0.312 e. The van der Waals surface area contributed by atoms with E-state index in [1.165, 1.54) is 38.5 Å². The van der Waals surface area contributed by atoms with E-state index in [1.54, 1.807) is 0 Å². The minimum atomic E-state index is -1.04. The van der Waals surface area contributed by atoms with Crippen LogP contribution in [0.1, 0.15) is 77.0 Å². The molecule has 1 unspecified atom stereocenters. The number of azide groups is 2. The molecule has 0 aliphatic carbocycles. The number of carboxylic acids is 1. The Balaban J connectivity index is 3.28. The third kappa shape index (κ3) is 14.8. The lowest BCUT2D eigenvalue weighted by molar-refractivity contribution is -0.138. The van der Waals surface area contributed by atoms with Crippen LogP contribution in [0.5, 0.6) is 0 Å². The number of hydrogen-bond donors (Lipinski definition) is 1. The molecular formula is C15H28N6O2. The van der Waals surface area contributed by atoms with Crippen molar-refractivity contribution >= 4 is 5.97 Å². The van der Waals surface area contributed by atoms with Gasteiger partial charge in [-0.05, 0) is 23.9 Å². The summed E-state index contributed by atoms with van der Waals surface area (Å²) in [6.45, 7) is 0.610. The average molecular weight is 324 g/mol. The summed E-state index contributed by atoms with van der Waals surface area (Å²) >= 11 is 0. The molecule has 0 aromatic carbocycles. The molecule has 0 fully saturated rings. The zero-order chi connectivity index (χ0) is 17.2. The Labute approximate surface area is 137 Å². The van der Waals surface area contributed by atoms with Gasteiger partial charge in [-0.15, -0.1) is 0 Å². The maximum Gasteiger partial charge on any atom is 0.312 e. The molecule has 0 rings (SSSR count). The van der Waals surface area contributed by atoms with Crippen LogP contribution in [0.15, 0.2) is 10.2 Å². The van der Waals surface area contributed by atoms with Crippen LogP contribution in [0.25, 0.3) is 20.9 Å². The molecule has 0 saturated heterocycles. The first-order valence-corrected chi connectivity index (χ1v) is 8.50. The topological polar surface area (TPSA) is 135 Å². The van der Waals surface area contributed by atoms with Crippen molar-refractivity contribution < 1.29 is 9.90 Å². The molecular weight excluding hydrogens is 296 g/mol. The summed E-state index contributed by atoms with van der Waals surface area (Å²) in [5.41, 5.74) is 16.4. The number of nitrogens with zero attached hydrogens (tertiary/aromatic N) is 6. The van der Waals surface area contributed by atoms with E-state index in [0.29, 0.717) is 13.0 Å². The van der Waals surface area contributed by atoms with Gasteiger partial charge in [-0.3, -0.25) is 4.79 Å². The number of unbranched alkanes of at least 4 members (excludes halogenated alkanes) is 10. The molecule has 0 aliphatic heterocycles. The predicted octanol–water partition coefficient (Wildman–Crippen LogP) is 5.74. The van der Waals surface area contributed by atoms with E-state index in [4.69, 9.17) is 16.2 Å². The van der Waals surface area contributed by atoms with Crippen molar-refractivity contribution in [2.45, 2.75) is 83.1 Å². The van der Waals surface area contributed by atoms with Crippen molar-refractivity contribution in [1.29, 1.82) is 0 Å². The quantitative estimate of drug-likeness (QED) is 0.167. The number of hydrogen-bond acceptors (Lipinski definition) is 3. The summed E-state index contributed by atoms with van der Waals surface area (Å²) in [7, 11) is 0. The first-order chi connectivity index (χ1) is 11.2.